The molecule has 9 heteroatoms. The second-order valence-corrected chi connectivity index (χ2v) is 4.31. The lowest BCUT2D eigenvalue weighted by Crippen LogP contribution is -2.05. The second-order valence-electron chi connectivity index (χ2n) is 1.93. The highest BCUT2D eigenvalue weighted by Crippen LogP contribution is 2.31. The topological polar surface area (TPSA) is 47.0 Å². The zero-order valence-corrected chi connectivity index (χ0v) is 7.30. The largest absolute Gasteiger partial charge is 0.434 e. The van der Waals surface area contributed by atoms with Crippen molar-refractivity contribution in [1.29, 1.82) is 0 Å². The van der Waals surface area contributed by atoms with Gasteiger partial charge in [0, 0.05) is 5.38 Å². The lowest BCUT2D eigenvalue weighted by Gasteiger charge is -1.98. The minimum Gasteiger partial charge on any atom is -0.218 e. The van der Waals surface area contributed by atoms with Crippen LogP contribution in [0.1, 0.15) is 5.69 Å². The monoisotopic (exact) mass is 235 g/mol. The molecule has 0 N–H and O–H groups in total. The van der Waals surface area contributed by atoms with Gasteiger partial charge >= 0.3 is 16.4 Å². The molecule has 0 unspecified atom stereocenters. The molecule has 0 saturated heterocycles. The average molecular weight is 235 g/mol. The molecule has 74 valence electrons. The van der Waals surface area contributed by atoms with Crippen molar-refractivity contribution in [3.63, 3.8) is 0 Å². The van der Waals surface area contributed by atoms with E-state index in [1.165, 1.54) is 0 Å². The minimum atomic E-state index is -5.13. The number of alkyl halides is 3. The van der Waals surface area contributed by atoms with Crippen LogP contribution in [0, 0.1) is 0 Å². The van der Waals surface area contributed by atoms with Gasteiger partial charge in [0.15, 0.2) is 5.69 Å². The molecule has 0 bridgehead atoms. The lowest BCUT2D eigenvalue weighted by molar-refractivity contribution is -0.141. The Morgan fingerprint density at radius 1 is 1.38 bits per heavy atom. The first-order valence-corrected chi connectivity index (χ1v) is 4.95. The van der Waals surface area contributed by atoms with Gasteiger partial charge in [0.2, 0.25) is 4.34 Å². The third-order valence-electron chi connectivity index (χ3n) is 0.982. The van der Waals surface area contributed by atoms with Gasteiger partial charge in [0.1, 0.15) is 0 Å². The summed E-state index contributed by atoms with van der Waals surface area (Å²) in [7, 11) is -5.13. The molecular weight excluding hydrogens is 234 g/mol. The maximum Gasteiger partial charge on any atom is 0.434 e. The molecule has 1 aromatic heterocycles. The third kappa shape index (κ3) is 2.37. The molecule has 0 saturated carbocycles. The molecule has 0 atom stereocenters. The Balaban J connectivity index is 3.16. The number of hydrogen-bond donors (Lipinski definition) is 0. The van der Waals surface area contributed by atoms with Gasteiger partial charge in [-0.15, -0.1) is 11.3 Å². The van der Waals surface area contributed by atoms with Crippen LogP contribution < -0.4 is 0 Å². The van der Waals surface area contributed by atoms with E-state index in [-0.39, 0.29) is 11.3 Å². The molecule has 1 heterocycles. The summed E-state index contributed by atoms with van der Waals surface area (Å²) in [5.74, 6) is 0. The maximum absolute atomic E-state index is 12.1. The summed E-state index contributed by atoms with van der Waals surface area (Å²) in [4.78, 5) is 2.58. The van der Waals surface area contributed by atoms with Gasteiger partial charge in [0.05, 0.1) is 0 Å². The number of rotatable bonds is 1. The van der Waals surface area contributed by atoms with E-state index in [4.69, 9.17) is 0 Å². The molecule has 0 aliphatic rings. The molecule has 0 fully saturated rings. The zero-order chi connectivity index (χ0) is 10.3. The van der Waals surface area contributed by atoms with E-state index >= 15 is 0 Å². The standard InChI is InChI=1S/C4HF4NO2S2/c5-4(6,7)2-1-12-3(9-2)13(8,10)11/h1H. The fraction of sp³-hybridized carbons (Fsp3) is 0.250. The summed E-state index contributed by atoms with van der Waals surface area (Å²) < 4.78 is 66.5. The smallest absolute Gasteiger partial charge is 0.218 e. The second kappa shape index (κ2) is 2.91. The van der Waals surface area contributed by atoms with Gasteiger partial charge in [-0.1, -0.05) is 3.89 Å². The number of thiazole rings is 1. The van der Waals surface area contributed by atoms with E-state index in [1.54, 1.807) is 0 Å². The van der Waals surface area contributed by atoms with Crippen LogP contribution in [0.5, 0.6) is 0 Å². The molecule has 0 amide bonds. The molecule has 0 spiro atoms. The van der Waals surface area contributed by atoms with Crippen molar-refractivity contribution < 1.29 is 25.5 Å². The van der Waals surface area contributed by atoms with Crippen molar-refractivity contribution in [2.75, 3.05) is 0 Å². The quantitative estimate of drug-likeness (QED) is 0.551. The Morgan fingerprint density at radius 3 is 2.15 bits per heavy atom. The Bertz CT molecular complexity index is 406. The summed E-state index contributed by atoms with van der Waals surface area (Å²) >= 11 is 0.0893. The van der Waals surface area contributed by atoms with Crippen LogP contribution in [0.15, 0.2) is 9.72 Å². The predicted molar refractivity (Wildman–Crippen MR) is 35.4 cm³/mol. The third-order valence-corrected chi connectivity index (χ3v) is 3.01. The Kier molecular flexibility index (Phi) is 2.32. The van der Waals surface area contributed by atoms with E-state index in [0.29, 0.717) is 5.38 Å². The molecule has 13 heavy (non-hydrogen) atoms. The maximum atomic E-state index is 12.1. The fourth-order valence-electron chi connectivity index (χ4n) is 0.499. The molecule has 0 aliphatic carbocycles. The number of halogens is 4. The number of nitrogens with zero attached hydrogens (tertiary/aromatic N) is 1. The average Bonchev–Trinajstić information content (AvgIpc) is 2.28. The number of aromatic nitrogens is 1. The molecule has 0 radical (unpaired) electrons. The first-order valence-electron chi connectivity index (χ1n) is 2.68. The summed E-state index contributed by atoms with van der Waals surface area (Å²) in [5, 5.41) is 0.437. The van der Waals surface area contributed by atoms with Crippen LogP contribution in [-0.2, 0) is 16.4 Å². The van der Waals surface area contributed by atoms with E-state index in [1.807, 2.05) is 0 Å². The van der Waals surface area contributed by atoms with Gasteiger partial charge in [-0.05, 0) is 0 Å². The van der Waals surface area contributed by atoms with Crippen molar-refractivity contribution in [3.05, 3.63) is 11.1 Å². The normalized spacial score (nSPS) is 13.2. The van der Waals surface area contributed by atoms with Crippen molar-refractivity contribution in [2.45, 2.75) is 10.5 Å². The van der Waals surface area contributed by atoms with Crippen molar-refractivity contribution in [3.8, 4) is 0 Å². The van der Waals surface area contributed by atoms with Gasteiger partial charge in [-0.25, -0.2) is 4.98 Å². The SMILES string of the molecule is O=S(=O)(F)c1nc(C(F)(F)F)cs1. The van der Waals surface area contributed by atoms with Crippen molar-refractivity contribution in [2.24, 2.45) is 0 Å². The summed E-state index contributed by atoms with van der Waals surface area (Å²) in [6, 6.07) is 0. The molecular formula is C4HF4NO2S2. The molecule has 0 aliphatic heterocycles. The Morgan fingerprint density at radius 2 is 1.92 bits per heavy atom. The first-order chi connectivity index (χ1) is 5.71. The molecule has 1 rings (SSSR count). The van der Waals surface area contributed by atoms with Crippen LogP contribution in [0.4, 0.5) is 17.1 Å². The van der Waals surface area contributed by atoms with Crippen LogP contribution in [-0.4, -0.2) is 13.4 Å². The van der Waals surface area contributed by atoms with Gasteiger partial charge in [0.25, 0.3) is 0 Å². The van der Waals surface area contributed by atoms with E-state index in [0.717, 1.165) is 0 Å². The fourth-order valence-corrected chi connectivity index (χ4v) is 1.86. The number of hydrogen-bond acceptors (Lipinski definition) is 4. The molecule has 3 nitrogen and oxygen atoms in total. The zero-order valence-electron chi connectivity index (χ0n) is 5.67. The molecule has 0 aromatic carbocycles. The minimum absolute atomic E-state index is 0.0893. The lowest BCUT2D eigenvalue weighted by atomic mass is 10.5. The molecule has 1 aromatic rings. The van der Waals surface area contributed by atoms with Gasteiger partial charge in [-0.3, -0.25) is 0 Å². The predicted octanol–water partition coefficient (Wildman–Crippen LogP) is 1.82. The first kappa shape index (κ1) is 10.4. The van der Waals surface area contributed by atoms with Gasteiger partial charge < -0.3 is 0 Å². The highest BCUT2D eigenvalue weighted by molar-refractivity contribution is 7.88. The van der Waals surface area contributed by atoms with Crippen LogP contribution in [0.3, 0.4) is 0 Å². The summed E-state index contributed by atoms with van der Waals surface area (Å²) in [6.45, 7) is 0. The van der Waals surface area contributed by atoms with Crippen molar-refractivity contribution >= 4 is 21.6 Å². The Labute approximate surface area is 74.2 Å². The van der Waals surface area contributed by atoms with E-state index in [9.17, 15) is 25.5 Å². The van der Waals surface area contributed by atoms with Crippen molar-refractivity contribution in [1.82, 2.24) is 4.98 Å². The van der Waals surface area contributed by atoms with E-state index in [2.05, 4.69) is 4.98 Å². The Hall–Kier alpha value is -0.700. The van der Waals surface area contributed by atoms with Crippen LogP contribution in [0.2, 0.25) is 0 Å². The van der Waals surface area contributed by atoms with E-state index < -0.39 is 26.4 Å². The summed E-state index contributed by atoms with van der Waals surface area (Å²) in [6.07, 6.45) is -4.75. The van der Waals surface area contributed by atoms with Gasteiger partial charge in [-0.2, -0.15) is 21.6 Å². The van der Waals surface area contributed by atoms with Crippen LogP contribution >= 0.6 is 11.3 Å². The highest BCUT2D eigenvalue weighted by atomic mass is 32.3. The highest BCUT2D eigenvalue weighted by Gasteiger charge is 2.35. The summed E-state index contributed by atoms with van der Waals surface area (Å²) in [5.41, 5.74) is -1.41. The van der Waals surface area contributed by atoms with Crippen LogP contribution in [0.25, 0.3) is 0 Å².